The van der Waals surface area contributed by atoms with Gasteiger partial charge in [0.1, 0.15) is 0 Å². The van der Waals surface area contributed by atoms with E-state index < -0.39 is 0 Å². The Morgan fingerprint density at radius 2 is 2.31 bits per heavy atom. The molecule has 2 aliphatic heterocycles. The highest BCUT2D eigenvalue weighted by Crippen LogP contribution is 2.23. The van der Waals surface area contributed by atoms with E-state index >= 15 is 0 Å². The number of hydrogen-bond acceptors (Lipinski definition) is 1. The lowest BCUT2D eigenvalue weighted by atomic mass is 9.92. The lowest BCUT2D eigenvalue weighted by molar-refractivity contribution is -0.134. The first-order valence-electron chi connectivity index (χ1n) is 4.56. The highest BCUT2D eigenvalue weighted by Gasteiger charge is 2.28. The quantitative estimate of drug-likeness (QED) is 0.403. The molecule has 2 heterocycles. The molecule has 1 aliphatic carbocycles. The SMILES string of the molecule is CC1=C=CC2C=CC(C1)C(=O)N2C. The summed E-state index contributed by atoms with van der Waals surface area (Å²) in [6, 6.07) is 0.110. The van der Waals surface area contributed by atoms with Crippen molar-refractivity contribution in [1.82, 2.24) is 4.90 Å². The summed E-state index contributed by atoms with van der Waals surface area (Å²) in [7, 11) is 1.85. The summed E-state index contributed by atoms with van der Waals surface area (Å²) in [5.74, 6) is 0.270. The Hall–Kier alpha value is -1.27. The van der Waals surface area contributed by atoms with Gasteiger partial charge in [-0.05, 0) is 25.0 Å². The Kier molecular flexibility index (Phi) is 1.86. The number of fused-ring (bicyclic) bond motifs is 2. The minimum absolute atomic E-state index is 0.0439. The van der Waals surface area contributed by atoms with Crippen molar-refractivity contribution in [2.75, 3.05) is 7.05 Å². The number of nitrogens with zero attached hydrogens (tertiary/aromatic N) is 1. The number of amides is 1. The summed E-state index contributed by atoms with van der Waals surface area (Å²) in [6.07, 6.45) is 6.86. The van der Waals surface area contributed by atoms with Crippen molar-refractivity contribution in [2.24, 2.45) is 5.92 Å². The molecule has 0 aromatic carbocycles. The third-order valence-corrected chi connectivity index (χ3v) is 2.68. The van der Waals surface area contributed by atoms with Crippen LogP contribution in [0.5, 0.6) is 0 Å². The normalized spacial score (nSPS) is 31.7. The van der Waals surface area contributed by atoms with Gasteiger partial charge in [-0.3, -0.25) is 4.79 Å². The summed E-state index contributed by atoms with van der Waals surface area (Å²) < 4.78 is 0. The molecule has 2 atom stereocenters. The fourth-order valence-electron chi connectivity index (χ4n) is 1.81. The summed E-state index contributed by atoms with van der Waals surface area (Å²) >= 11 is 0. The molecule has 0 N–H and O–H groups in total. The largest absolute Gasteiger partial charge is 0.335 e. The second-order valence-corrected chi connectivity index (χ2v) is 3.73. The van der Waals surface area contributed by atoms with Crippen molar-refractivity contribution in [2.45, 2.75) is 19.4 Å². The van der Waals surface area contributed by atoms with Crippen molar-refractivity contribution in [3.8, 4) is 0 Å². The van der Waals surface area contributed by atoms with Gasteiger partial charge in [-0.25, -0.2) is 0 Å². The van der Waals surface area contributed by atoms with Crippen LogP contribution in [0.3, 0.4) is 0 Å². The molecule has 0 fully saturated rings. The van der Waals surface area contributed by atoms with E-state index in [1.165, 1.54) is 5.57 Å². The standard InChI is InChI=1S/C11H13NO/c1-8-3-5-10-6-4-9(7-8)11(13)12(10)2/h4-6,9-10H,7H2,1-2H3. The van der Waals surface area contributed by atoms with E-state index in [0.29, 0.717) is 0 Å². The Morgan fingerprint density at radius 3 is 3.08 bits per heavy atom. The molecule has 2 unspecified atom stereocenters. The molecule has 0 aromatic rings. The van der Waals surface area contributed by atoms with Gasteiger partial charge in [0.2, 0.25) is 5.91 Å². The molecule has 0 saturated carbocycles. The van der Waals surface area contributed by atoms with Gasteiger partial charge in [0.25, 0.3) is 0 Å². The van der Waals surface area contributed by atoms with E-state index in [2.05, 4.69) is 11.8 Å². The predicted molar refractivity (Wildman–Crippen MR) is 51.1 cm³/mol. The van der Waals surface area contributed by atoms with Crippen LogP contribution in [-0.2, 0) is 4.79 Å². The molecule has 0 aromatic heterocycles. The molecule has 0 spiro atoms. The van der Waals surface area contributed by atoms with Gasteiger partial charge in [-0.2, -0.15) is 0 Å². The van der Waals surface area contributed by atoms with Crippen molar-refractivity contribution in [3.63, 3.8) is 0 Å². The van der Waals surface area contributed by atoms with E-state index in [-0.39, 0.29) is 17.9 Å². The second-order valence-electron chi connectivity index (χ2n) is 3.73. The highest BCUT2D eigenvalue weighted by molar-refractivity contribution is 5.82. The Bertz CT molecular complexity index is 334. The predicted octanol–water partition coefficient (Wildman–Crippen LogP) is 1.50. The van der Waals surface area contributed by atoms with Gasteiger partial charge in [0, 0.05) is 7.05 Å². The van der Waals surface area contributed by atoms with E-state index in [0.717, 1.165) is 6.42 Å². The molecule has 13 heavy (non-hydrogen) atoms. The first kappa shape index (κ1) is 8.33. The van der Waals surface area contributed by atoms with Crippen LogP contribution in [0.25, 0.3) is 0 Å². The van der Waals surface area contributed by atoms with Crippen molar-refractivity contribution in [1.29, 1.82) is 0 Å². The zero-order chi connectivity index (χ0) is 9.42. The molecule has 2 nitrogen and oxygen atoms in total. The first-order valence-corrected chi connectivity index (χ1v) is 4.56. The van der Waals surface area contributed by atoms with E-state index in [1.807, 2.05) is 26.1 Å². The van der Waals surface area contributed by atoms with Crippen LogP contribution in [-0.4, -0.2) is 23.9 Å². The van der Waals surface area contributed by atoms with E-state index in [1.54, 1.807) is 4.90 Å². The molecule has 3 rings (SSSR count). The van der Waals surface area contributed by atoms with Crippen molar-refractivity contribution in [3.05, 3.63) is 29.5 Å². The van der Waals surface area contributed by atoms with Crippen LogP contribution in [0, 0.1) is 5.92 Å². The summed E-state index contributed by atoms with van der Waals surface area (Å²) in [5, 5.41) is 0. The molecule has 0 radical (unpaired) electrons. The number of likely N-dealkylation sites (N-methyl/N-ethyl adjacent to an activating group) is 1. The van der Waals surface area contributed by atoms with Gasteiger partial charge < -0.3 is 4.90 Å². The maximum atomic E-state index is 11.7. The van der Waals surface area contributed by atoms with Crippen molar-refractivity contribution < 1.29 is 4.79 Å². The van der Waals surface area contributed by atoms with Crippen LogP contribution < -0.4 is 0 Å². The summed E-state index contributed by atoms with van der Waals surface area (Å²) in [6.45, 7) is 2.03. The smallest absolute Gasteiger partial charge is 0.230 e. The maximum absolute atomic E-state index is 11.7. The zero-order valence-corrected chi connectivity index (χ0v) is 7.95. The maximum Gasteiger partial charge on any atom is 0.230 e. The number of carbonyl (C=O) groups excluding carboxylic acids is 1. The average molecular weight is 175 g/mol. The number of carbonyl (C=O) groups is 1. The summed E-state index contributed by atoms with van der Waals surface area (Å²) in [4.78, 5) is 13.5. The first-order chi connectivity index (χ1) is 6.18. The second kappa shape index (κ2) is 2.90. The van der Waals surface area contributed by atoms with Gasteiger partial charge in [-0.1, -0.05) is 12.2 Å². The lowest BCUT2D eigenvalue weighted by Gasteiger charge is -2.31. The van der Waals surface area contributed by atoms with Gasteiger partial charge in [-0.15, -0.1) is 5.73 Å². The minimum atomic E-state index is 0.0439. The number of rotatable bonds is 0. The molecule has 2 heteroatoms. The van der Waals surface area contributed by atoms with Gasteiger partial charge >= 0.3 is 0 Å². The van der Waals surface area contributed by atoms with Crippen LogP contribution in [0.1, 0.15) is 13.3 Å². The molecular formula is C11H13NO. The molecular weight excluding hydrogens is 162 g/mol. The van der Waals surface area contributed by atoms with Gasteiger partial charge in [0.05, 0.1) is 12.0 Å². The monoisotopic (exact) mass is 175 g/mol. The zero-order valence-electron chi connectivity index (χ0n) is 7.95. The van der Waals surface area contributed by atoms with E-state index in [4.69, 9.17) is 0 Å². The van der Waals surface area contributed by atoms with Gasteiger partial charge in [0.15, 0.2) is 0 Å². The third kappa shape index (κ3) is 1.34. The topological polar surface area (TPSA) is 20.3 Å². The Morgan fingerprint density at radius 1 is 1.54 bits per heavy atom. The summed E-state index contributed by atoms with van der Waals surface area (Å²) in [5.41, 5.74) is 4.38. The molecule has 0 saturated heterocycles. The van der Waals surface area contributed by atoms with Crippen LogP contribution in [0.2, 0.25) is 0 Å². The van der Waals surface area contributed by atoms with Crippen LogP contribution >= 0.6 is 0 Å². The minimum Gasteiger partial charge on any atom is -0.335 e. The molecule has 1 amide bonds. The average Bonchev–Trinajstić information content (AvgIpc) is 2.08. The molecule has 3 aliphatic rings. The molecule has 2 bridgehead atoms. The Labute approximate surface area is 78.2 Å². The third-order valence-electron chi connectivity index (χ3n) is 2.68. The number of hydrogen-bond donors (Lipinski definition) is 0. The van der Waals surface area contributed by atoms with Crippen molar-refractivity contribution >= 4 is 5.91 Å². The van der Waals surface area contributed by atoms with Crippen LogP contribution in [0.15, 0.2) is 29.5 Å². The fourth-order valence-corrected chi connectivity index (χ4v) is 1.81. The highest BCUT2D eigenvalue weighted by atomic mass is 16.2. The van der Waals surface area contributed by atoms with Crippen LogP contribution in [0.4, 0.5) is 0 Å². The van der Waals surface area contributed by atoms with E-state index in [9.17, 15) is 4.79 Å². The molecule has 68 valence electrons. The lowest BCUT2D eigenvalue weighted by Crippen LogP contribution is -2.42. The Balaban J connectivity index is 2.45. The fraction of sp³-hybridized carbons (Fsp3) is 0.455.